The number of likely N-dealkylation sites (N-methyl/N-ethyl adjacent to an activating group) is 1. The van der Waals surface area contributed by atoms with E-state index in [2.05, 4.69) is 5.32 Å². The molecule has 6 heteroatoms. The van der Waals surface area contributed by atoms with Crippen LogP contribution in [0.15, 0.2) is 0 Å². The third kappa shape index (κ3) is 3.72. The molecule has 2 N–H and O–H groups in total. The third-order valence-corrected chi connectivity index (χ3v) is 2.57. The van der Waals surface area contributed by atoms with E-state index in [4.69, 9.17) is 5.11 Å². The van der Waals surface area contributed by atoms with Crippen molar-refractivity contribution >= 4 is 17.8 Å². The van der Waals surface area contributed by atoms with Crippen LogP contribution in [0.1, 0.15) is 34.6 Å². The van der Waals surface area contributed by atoms with Gasteiger partial charge in [-0.1, -0.05) is 0 Å². The molecule has 0 aromatic carbocycles. The van der Waals surface area contributed by atoms with Crippen molar-refractivity contribution < 1.29 is 19.5 Å². The number of amides is 2. The molecule has 6 nitrogen and oxygen atoms in total. The summed E-state index contributed by atoms with van der Waals surface area (Å²) in [6.45, 7) is 7.71. The van der Waals surface area contributed by atoms with Gasteiger partial charge in [-0.15, -0.1) is 0 Å². The molecule has 0 aliphatic heterocycles. The van der Waals surface area contributed by atoms with Crippen LogP contribution in [0.2, 0.25) is 0 Å². The summed E-state index contributed by atoms with van der Waals surface area (Å²) in [5.74, 6) is -1.81. The minimum Gasteiger partial charge on any atom is -0.480 e. The van der Waals surface area contributed by atoms with Gasteiger partial charge in [-0.2, -0.15) is 0 Å². The van der Waals surface area contributed by atoms with E-state index in [9.17, 15) is 14.4 Å². The third-order valence-electron chi connectivity index (χ3n) is 2.57. The highest BCUT2D eigenvalue weighted by Gasteiger charge is 2.38. The zero-order chi connectivity index (χ0) is 13.8. The molecule has 98 valence electrons. The van der Waals surface area contributed by atoms with Crippen LogP contribution >= 0.6 is 0 Å². The maximum Gasteiger partial charge on any atom is 0.329 e. The fourth-order valence-corrected chi connectivity index (χ4v) is 1.54. The molecule has 17 heavy (non-hydrogen) atoms. The van der Waals surface area contributed by atoms with Crippen molar-refractivity contribution in [2.75, 3.05) is 6.54 Å². The first-order chi connectivity index (χ1) is 7.64. The zero-order valence-electron chi connectivity index (χ0n) is 10.9. The Kier molecular flexibility index (Phi) is 5.12. The van der Waals surface area contributed by atoms with Gasteiger partial charge in [-0.25, -0.2) is 4.79 Å². The summed E-state index contributed by atoms with van der Waals surface area (Å²) in [6.07, 6.45) is 0. The molecule has 0 rings (SSSR count). The van der Waals surface area contributed by atoms with E-state index in [-0.39, 0.29) is 12.5 Å². The predicted octanol–water partition coefficient (Wildman–Crippen LogP) is 0.223. The summed E-state index contributed by atoms with van der Waals surface area (Å²) < 4.78 is 0. The topological polar surface area (TPSA) is 86.7 Å². The second-order valence-electron chi connectivity index (χ2n) is 4.37. The van der Waals surface area contributed by atoms with Crippen LogP contribution in [-0.4, -0.2) is 45.9 Å². The molecular weight excluding hydrogens is 224 g/mol. The first-order valence-corrected chi connectivity index (χ1v) is 5.46. The van der Waals surface area contributed by atoms with Crippen molar-refractivity contribution in [2.24, 2.45) is 0 Å². The number of hydrogen-bond donors (Lipinski definition) is 2. The first kappa shape index (κ1) is 15.4. The Hall–Kier alpha value is -1.59. The number of carbonyl (C=O) groups excluding carboxylic acids is 2. The van der Waals surface area contributed by atoms with Gasteiger partial charge >= 0.3 is 5.97 Å². The lowest BCUT2D eigenvalue weighted by Gasteiger charge is -2.36. The van der Waals surface area contributed by atoms with E-state index in [0.717, 1.165) is 0 Å². The number of nitrogens with zero attached hydrogens (tertiary/aromatic N) is 1. The van der Waals surface area contributed by atoms with Crippen molar-refractivity contribution in [3.63, 3.8) is 0 Å². The lowest BCUT2D eigenvalue weighted by Crippen LogP contribution is -2.57. The van der Waals surface area contributed by atoms with E-state index in [1.165, 1.54) is 32.6 Å². The van der Waals surface area contributed by atoms with E-state index >= 15 is 0 Å². The predicted molar refractivity (Wildman–Crippen MR) is 62.4 cm³/mol. The van der Waals surface area contributed by atoms with Crippen molar-refractivity contribution in [3.8, 4) is 0 Å². The van der Waals surface area contributed by atoms with Crippen molar-refractivity contribution in [1.82, 2.24) is 10.2 Å². The lowest BCUT2D eigenvalue weighted by atomic mass is 10.0. The van der Waals surface area contributed by atoms with Crippen molar-refractivity contribution in [1.29, 1.82) is 0 Å². The average Bonchev–Trinajstić information content (AvgIpc) is 2.16. The summed E-state index contributed by atoms with van der Waals surface area (Å²) in [5, 5.41) is 11.5. The zero-order valence-corrected chi connectivity index (χ0v) is 10.9. The van der Waals surface area contributed by atoms with Gasteiger partial charge in [0.25, 0.3) is 0 Å². The van der Waals surface area contributed by atoms with Crippen molar-refractivity contribution in [3.05, 3.63) is 0 Å². The molecule has 0 heterocycles. The smallest absolute Gasteiger partial charge is 0.329 e. The summed E-state index contributed by atoms with van der Waals surface area (Å²) in [4.78, 5) is 35.2. The number of nitrogens with one attached hydrogen (secondary N) is 1. The summed E-state index contributed by atoms with van der Waals surface area (Å²) in [7, 11) is 0. The molecule has 2 amide bonds. The summed E-state index contributed by atoms with van der Waals surface area (Å²) in [6, 6.07) is -0.730. The molecule has 0 aromatic heterocycles. The second-order valence-corrected chi connectivity index (χ2v) is 4.37. The lowest BCUT2D eigenvalue weighted by molar-refractivity contribution is -0.157. The molecule has 0 aromatic rings. The number of carboxylic acids is 1. The molecule has 0 spiro atoms. The van der Waals surface area contributed by atoms with Crippen molar-refractivity contribution in [2.45, 2.75) is 46.2 Å². The largest absolute Gasteiger partial charge is 0.480 e. The van der Waals surface area contributed by atoms with Crippen LogP contribution in [0.4, 0.5) is 0 Å². The van der Waals surface area contributed by atoms with Gasteiger partial charge in [0.2, 0.25) is 11.8 Å². The van der Waals surface area contributed by atoms with E-state index in [0.29, 0.717) is 0 Å². The van der Waals surface area contributed by atoms with Gasteiger partial charge in [-0.3, -0.25) is 9.59 Å². The highest BCUT2D eigenvalue weighted by molar-refractivity contribution is 5.91. The van der Waals surface area contributed by atoms with Gasteiger partial charge < -0.3 is 15.3 Å². The van der Waals surface area contributed by atoms with Gasteiger partial charge in [0.1, 0.15) is 11.6 Å². The van der Waals surface area contributed by atoms with Gasteiger partial charge in [0, 0.05) is 13.5 Å². The molecule has 0 saturated carbocycles. The molecular formula is C11H20N2O4. The number of rotatable bonds is 5. The number of carboxylic acid groups (broad SMARTS) is 1. The van der Waals surface area contributed by atoms with Crippen LogP contribution in [-0.2, 0) is 14.4 Å². The number of carbonyl (C=O) groups is 3. The van der Waals surface area contributed by atoms with Crippen LogP contribution < -0.4 is 5.32 Å². The number of aliphatic carboxylic acids is 1. The van der Waals surface area contributed by atoms with Gasteiger partial charge in [0.15, 0.2) is 0 Å². The average molecular weight is 244 g/mol. The Morgan fingerprint density at radius 3 is 2.12 bits per heavy atom. The quantitative estimate of drug-likeness (QED) is 0.724. The summed E-state index contributed by atoms with van der Waals surface area (Å²) in [5.41, 5.74) is -1.29. The van der Waals surface area contributed by atoms with Crippen LogP contribution in [0, 0.1) is 0 Å². The Labute approximate surface area is 101 Å². The maximum absolute atomic E-state index is 12.0. The second kappa shape index (κ2) is 5.65. The molecule has 0 aliphatic rings. The molecule has 0 aliphatic carbocycles. The minimum absolute atomic E-state index is 0.266. The number of hydrogen-bond acceptors (Lipinski definition) is 3. The molecule has 1 atom stereocenters. The van der Waals surface area contributed by atoms with Gasteiger partial charge in [0.05, 0.1) is 0 Å². The highest BCUT2D eigenvalue weighted by atomic mass is 16.4. The van der Waals surface area contributed by atoms with Crippen LogP contribution in [0.3, 0.4) is 0 Å². The molecule has 1 unspecified atom stereocenters. The Morgan fingerprint density at radius 1 is 1.35 bits per heavy atom. The van der Waals surface area contributed by atoms with Gasteiger partial charge in [-0.05, 0) is 27.7 Å². The maximum atomic E-state index is 12.0. The SMILES string of the molecule is CCN(C(=O)C(C)NC(C)=O)C(C)(C)C(=O)O. The minimum atomic E-state index is -1.29. The first-order valence-electron chi connectivity index (χ1n) is 5.46. The monoisotopic (exact) mass is 244 g/mol. The molecule has 0 bridgehead atoms. The molecule has 0 saturated heterocycles. The van der Waals surface area contributed by atoms with E-state index in [1.807, 2.05) is 0 Å². The fourth-order valence-electron chi connectivity index (χ4n) is 1.54. The summed E-state index contributed by atoms with van der Waals surface area (Å²) >= 11 is 0. The van der Waals surface area contributed by atoms with E-state index in [1.54, 1.807) is 6.92 Å². The normalized spacial score (nSPS) is 12.8. The highest BCUT2D eigenvalue weighted by Crippen LogP contribution is 2.15. The van der Waals surface area contributed by atoms with E-state index < -0.39 is 23.5 Å². The van der Waals surface area contributed by atoms with Crippen LogP contribution in [0.25, 0.3) is 0 Å². The Balaban J connectivity index is 4.95. The Bertz CT molecular complexity index is 325. The fraction of sp³-hybridized carbons (Fsp3) is 0.727. The standard InChI is InChI=1S/C11H20N2O4/c1-6-13(11(4,5)10(16)17)9(15)7(2)12-8(3)14/h7H,6H2,1-5H3,(H,12,14)(H,16,17). The molecule has 0 radical (unpaired) electrons. The Morgan fingerprint density at radius 2 is 1.82 bits per heavy atom. The van der Waals surface area contributed by atoms with Crippen LogP contribution in [0.5, 0.6) is 0 Å². The molecule has 0 fully saturated rings.